The summed E-state index contributed by atoms with van der Waals surface area (Å²) in [6, 6.07) is 18.8. The van der Waals surface area contributed by atoms with E-state index in [1.165, 1.54) is 0 Å². The number of amides is 1. The number of para-hydroxylation sites is 1. The van der Waals surface area contributed by atoms with Crippen molar-refractivity contribution in [3.63, 3.8) is 0 Å². The van der Waals surface area contributed by atoms with Crippen LogP contribution in [0.5, 0.6) is 5.75 Å². The number of pyridine rings is 1. The molecule has 1 fully saturated rings. The van der Waals surface area contributed by atoms with Gasteiger partial charge in [0.1, 0.15) is 5.75 Å². The number of ether oxygens (including phenoxy) is 1. The quantitative estimate of drug-likeness (QED) is 0.301. The van der Waals surface area contributed by atoms with E-state index in [0.717, 1.165) is 49.7 Å². The van der Waals surface area contributed by atoms with Gasteiger partial charge in [0.25, 0.3) is 5.91 Å². The SMILES string of the molecule is [2H]C(c1ccccc1OCCCCCC(=O)O)N(C(=O)c1ccc(-c2cccnc2)cc1)C1CCCC1. The number of hydrogen-bond acceptors (Lipinski definition) is 4. The Morgan fingerprint density at radius 3 is 2.47 bits per heavy atom. The number of carboxylic acid groups (broad SMARTS) is 1. The van der Waals surface area contributed by atoms with Crippen molar-refractivity contribution in [3.05, 3.63) is 84.2 Å². The number of aliphatic carboxylic acids is 1. The molecule has 188 valence electrons. The molecule has 1 amide bonds. The van der Waals surface area contributed by atoms with Gasteiger partial charge in [-0.05, 0) is 67.5 Å². The van der Waals surface area contributed by atoms with Crippen LogP contribution in [0.3, 0.4) is 0 Å². The standard InChI is InChI=1S/C30H34N2O4/c33-29(34)14-2-1-7-20-36-28-13-6-3-9-26(28)22-32(27-11-4-5-12-27)30(35)24-17-15-23(16-18-24)25-10-8-19-31-21-25/h3,6,8-10,13,15-19,21,27H,1-2,4-5,7,11-12,14,20,22H2,(H,33,34)/i22D. The minimum absolute atomic E-state index is 0.0112. The molecule has 1 saturated carbocycles. The summed E-state index contributed by atoms with van der Waals surface area (Å²) in [7, 11) is 0. The summed E-state index contributed by atoms with van der Waals surface area (Å²) in [6.07, 6.45) is 9.69. The smallest absolute Gasteiger partial charge is 0.303 e. The molecule has 0 spiro atoms. The highest BCUT2D eigenvalue weighted by Crippen LogP contribution is 2.29. The number of benzene rings is 2. The summed E-state index contributed by atoms with van der Waals surface area (Å²) in [5.74, 6) is -0.330. The summed E-state index contributed by atoms with van der Waals surface area (Å²) < 4.78 is 15.2. The highest BCUT2D eigenvalue weighted by atomic mass is 16.5. The number of unbranched alkanes of at least 4 members (excludes halogenated alkanes) is 2. The van der Waals surface area contributed by atoms with Crippen LogP contribution in [0.4, 0.5) is 0 Å². The van der Waals surface area contributed by atoms with E-state index >= 15 is 0 Å². The van der Waals surface area contributed by atoms with Crippen LogP contribution in [-0.2, 0) is 11.3 Å². The number of rotatable bonds is 12. The number of carboxylic acids is 1. The fourth-order valence-electron chi connectivity index (χ4n) is 4.61. The number of hydrogen-bond donors (Lipinski definition) is 1. The van der Waals surface area contributed by atoms with E-state index in [9.17, 15) is 11.0 Å². The zero-order chi connectivity index (χ0) is 26.0. The minimum Gasteiger partial charge on any atom is -0.493 e. The van der Waals surface area contributed by atoms with Gasteiger partial charge in [0.2, 0.25) is 0 Å². The van der Waals surface area contributed by atoms with Gasteiger partial charge in [0, 0.05) is 42.5 Å². The molecule has 3 aromatic rings. The topological polar surface area (TPSA) is 79.7 Å². The number of carbonyl (C=O) groups excluding carboxylic acids is 1. The maximum Gasteiger partial charge on any atom is 0.303 e. The number of aromatic nitrogens is 1. The molecule has 36 heavy (non-hydrogen) atoms. The van der Waals surface area contributed by atoms with Gasteiger partial charge >= 0.3 is 5.97 Å². The Morgan fingerprint density at radius 1 is 0.972 bits per heavy atom. The van der Waals surface area contributed by atoms with Crippen molar-refractivity contribution in [2.24, 2.45) is 0 Å². The van der Waals surface area contributed by atoms with Crippen LogP contribution in [0.25, 0.3) is 11.1 Å². The fraction of sp³-hybridized carbons (Fsp3) is 0.367. The van der Waals surface area contributed by atoms with Crippen LogP contribution < -0.4 is 4.74 Å². The lowest BCUT2D eigenvalue weighted by atomic mass is 10.0. The third-order valence-electron chi connectivity index (χ3n) is 6.57. The molecular weight excluding hydrogens is 452 g/mol. The third-order valence-corrected chi connectivity index (χ3v) is 6.57. The molecule has 1 atom stereocenters. The van der Waals surface area contributed by atoms with E-state index in [2.05, 4.69) is 4.98 Å². The van der Waals surface area contributed by atoms with E-state index in [-0.39, 0.29) is 18.4 Å². The second-order valence-electron chi connectivity index (χ2n) is 9.19. The van der Waals surface area contributed by atoms with Gasteiger partial charge in [-0.15, -0.1) is 0 Å². The summed E-state index contributed by atoms with van der Waals surface area (Å²) in [5, 5.41) is 8.79. The van der Waals surface area contributed by atoms with Gasteiger partial charge in [-0.3, -0.25) is 14.6 Å². The Balaban J connectivity index is 1.50. The summed E-state index contributed by atoms with van der Waals surface area (Å²) in [5.41, 5.74) is 3.21. The maximum atomic E-state index is 13.8. The molecule has 0 bridgehead atoms. The molecule has 0 radical (unpaired) electrons. The Bertz CT molecular complexity index is 1160. The Kier molecular flexibility index (Phi) is 8.59. The predicted molar refractivity (Wildman–Crippen MR) is 140 cm³/mol. The van der Waals surface area contributed by atoms with E-state index in [4.69, 9.17) is 9.84 Å². The molecule has 1 N–H and O–H groups in total. The van der Waals surface area contributed by atoms with Crippen molar-refractivity contribution in [2.75, 3.05) is 6.61 Å². The van der Waals surface area contributed by atoms with Crippen LogP contribution in [0, 0.1) is 0 Å². The molecule has 1 unspecified atom stereocenters. The Morgan fingerprint density at radius 2 is 1.75 bits per heavy atom. The van der Waals surface area contributed by atoms with Gasteiger partial charge in [0.15, 0.2) is 0 Å². The molecule has 6 heteroatoms. The highest BCUT2D eigenvalue weighted by Gasteiger charge is 2.28. The monoisotopic (exact) mass is 487 g/mol. The molecule has 0 saturated heterocycles. The van der Waals surface area contributed by atoms with Gasteiger partial charge in [-0.1, -0.05) is 49.2 Å². The van der Waals surface area contributed by atoms with Crippen LogP contribution in [0.2, 0.25) is 0 Å². The normalized spacial score (nSPS) is 14.7. The van der Waals surface area contributed by atoms with Crippen molar-refractivity contribution in [1.82, 2.24) is 9.88 Å². The minimum atomic E-state index is -0.892. The lowest BCUT2D eigenvalue weighted by molar-refractivity contribution is -0.137. The van der Waals surface area contributed by atoms with Gasteiger partial charge < -0.3 is 14.7 Å². The second kappa shape index (κ2) is 12.9. The van der Waals surface area contributed by atoms with Crippen molar-refractivity contribution >= 4 is 11.9 Å². The molecule has 1 aliphatic carbocycles. The van der Waals surface area contributed by atoms with E-state index in [0.29, 0.717) is 29.9 Å². The third kappa shape index (κ3) is 6.94. The summed E-state index contributed by atoms with van der Waals surface area (Å²) >= 11 is 0. The summed E-state index contributed by atoms with van der Waals surface area (Å²) in [4.78, 5) is 30.4. The average molecular weight is 488 g/mol. The zero-order valence-corrected chi connectivity index (χ0v) is 20.5. The lowest BCUT2D eigenvalue weighted by Gasteiger charge is -2.30. The molecule has 6 nitrogen and oxygen atoms in total. The Hall–Kier alpha value is -3.67. The van der Waals surface area contributed by atoms with Crippen molar-refractivity contribution in [1.29, 1.82) is 0 Å². The second-order valence-corrected chi connectivity index (χ2v) is 9.19. The number of carbonyl (C=O) groups is 2. The van der Waals surface area contributed by atoms with Crippen molar-refractivity contribution in [3.8, 4) is 16.9 Å². The van der Waals surface area contributed by atoms with Gasteiger partial charge in [-0.25, -0.2) is 0 Å². The van der Waals surface area contributed by atoms with E-state index in [1.54, 1.807) is 17.3 Å². The first-order valence-electron chi connectivity index (χ1n) is 13.3. The molecule has 2 aromatic carbocycles. The molecule has 1 heterocycles. The largest absolute Gasteiger partial charge is 0.493 e. The average Bonchev–Trinajstić information content (AvgIpc) is 3.46. The van der Waals surface area contributed by atoms with Crippen LogP contribution >= 0.6 is 0 Å². The molecule has 0 aliphatic heterocycles. The maximum absolute atomic E-state index is 13.8. The first-order valence-corrected chi connectivity index (χ1v) is 12.7. The molecule has 1 aliphatic rings. The molecule has 4 rings (SSSR count). The van der Waals surface area contributed by atoms with Gasteiger partial charge in [0.05, 0.1) is 7.98 Å². The molecule has 1 aromatic heterocycles. The van der Waals surface area contributed by atoms with Crippen molar-refractivity contribution in [2.45, 2.75) is 63.9 Å². The van der Waals surface area contributed by atoms with Crippen LogP contribution in [-0.4, -0.2) is 39.5 Å². The highest BCUT2D eigenvalue weighted by molar-refractivity contribution is 5.95. The Labute approximate surface area is 214 Å². The van der Waals surface area contributed by atoms with E-state index < -0.39 is 12.5 Å². The summed E-state index contributed by atoms with van der Waals surface area (Å²) in [6.45, 7) is -0.451. The van der Waals surface area contributed by atoms with Crippen molar-refractivity contribution < 1.29 is 20.8 Å². The fourth-order valence-corrected chi connectivity index (χ4v) is 4.61. The zero-order valence-electron chi connectivity index (χ0n) is 21.5. The molecular formula is C30H34N2O4. The first kappa shape index (κ1) is 24.0. The lowest BCUT2D eigenvalue weighted by Crippen LogP contribution is -2.38. The predicted octanol–water partition coefficient (Wildman–Crippen LogP) is 6.36. The van der Waals surface area contributed by atoms with Crippen LogP contribution in [0.1, 0.15) is 68.7 Å². The van der Waals surface area contributed by atoms with E-state index in [1.807, 2.05) is 60.7 Å². The van der Waals surface area contributed by atoms with Gasteiger partial charge in [-0.2, -0.15) is 0 Å². The number of nitrogens with zero attached hydrogens (tertiary/aromatic N) is 2. The van der Waals surface area contributed by atoms with Crippen LogP contribution in [0.15, 0.2) is 73.1 Å². The first-order chi connectivity index (χ1) is 18.0.